The van der Waals surface area contributed by atoms with Crippen LogP contribution < -0.4 is 14.8 Å². The number of hydrogen-bond acceptors (Lipinski definition) is 5. The average molecular weight is 426 g/mol. The maximum absolute atomic E-state index is 12.5. The van der Waals surface area contributed by atoms with E-state index in [4.69, 9.17) is 9.47 Å². The van der Waals surface area contributed by atoms with Crippen LogP contribution >= 0.6 is 11.8 Å². The molecule has 0 aliphatic heterocycles. The number of anilines is 1. The molecule has 0 aliphatic carbocycles. The summed E-state index contributed by atoms with van der Waals surface area (Å²) in [6.45, 7) is 6.90. The first-order valence-corrected chi connectivity index (χ1v) is 11.0. The Morgan fingerprint density at radius 1 is 1.10 bits per heavy atom. The largest absolute Gasteiger partial charge is 0.494 e. The lowest BCUT2D eigenvalue weighted by Crippen LogP contribution is -2.15. The maximum Gasteiger partial charge on any atom is 0.234 e. The molecule has 2 N–H and O–H groups in total. The highest BCUT2D eigenvalue weighted by molar-refractivity contribution is 7.99. The summed E-state index contributed by atoms with van der Waals surface area (Å²) in [5, 5.41) is 3.66. The molecule has 3 rings (SSSR count). The molecule has 0 aliphatic rings. The number of thioether (sulfide) groups is 1. The highest BCUT2D eigenvalue weighted by Crippen LogP contribution is 2.30. The number of hydrogen-bond donors (Lipinski definition) is 2. The van der Waals surface area contributed by atoms with Gasteiger partial charge in [-0.2, -0.15) is 0 Å². The van der Waals surface area contributed by atoms with Gasteiger partial charge in [0.25, 0.3) is 0 Å². The number of nitrogens with zero attached hydrogens (tertiary/aromatic N) is 1. The summed E-state index contributed by atoms with van der Waals surface area (Å²) >= 11 is 1.38. The molecular weight excluding hydrogens is 398 g/mol. The first-order valence-electron chi connectivity index (χ1n) is 10.0. The third-order valence-electron chi connectivity index (χ3n) is 4.35. The van der Waals surface area contributed by atoms with E-state index in [1.54, 1.807) is 6.07 Å². The van der Waals surface area contributed by atoms with Gasteiger partial charge in [0.05, 0.1) is 30.3 Å². The van der Waals surface area contributed by atoms with E-state index in [0.717, 1.165) is 23.0 Å². The topological polar surface area (TPSA) is 76.2 Å². The number of ether oxygens (including phenoxy) is 2. The van der Waals surface area contributed by atoms with E-state index >= 15 is 0 Å². The van der Waals surface area contributed by atoms with Gasteiger partial charge in [0.15, 0.2) is 5.16 Å². The van der Waals surface area contributed by atoms with Crippen molar-refractivity contribution in [2.75, 3.05) is 24.3 Å². The van der Waals surface area contributed by atoms with Crippen LogP contribution in [0.3, 0.4) is 0 Å². The Hall–Kier alpha value is -2.93. The van der Waals surface area contributed by atoms with Gasteiger partial charge < -0.3 is 19.8 Å². The van der Waals surface area contributed by atoms with Crippen molar-refractivity contribution in [3.63, 3.8) is 0 Å². The van der Waals surface area contributed by atoms with E-state index in [0.29, 0.717) is 30.4 Å². The van der Waals surface area contributed by atoms with Crippen LogP contribution in [0.1, 0.15) is 30.8 Å². The molecule has 1 amide bonds. The molecule has 6 nitrogen and oxygen atoms in total. The number of aromatic nitrogens is 2. The third kappa shape index (κ3) is 6.03. The van der Waals surface area contributed by atoms with Crippen LogP contribution in [0.25, 0.3) is 0 Å². The standard InChI is InChI=1S/C23H27N3O3S/c1-4-28-18-11-12-21(29-5-2)20(14-18)25-22(27)15-30-23-24-16(3)19(26-23)13-17-9-7-6-8-10-17/h6-12,14H,4-5,13,15H2,1-3H3,(H,24,26)(H,25,27). The molecule has 7 heteroatoms. The van der Waals surface area contributed by atoms with Crippen molar-refractivity contribution < 1.29 is 14.3 Å². The third-order valence-corrected chi connectivity index (χ3v) is 5.23. The molecule has 0 saturated carbocycles. The number of nitrogens with one attached hydrogen (secondary N) is 2. The van der Waals surface area contributed by atoms with E-state index in [1.165, 1.54) is 17.3 Å². The van der Waals surface area contributed by atoms with E-state index in [-0.39, 0.29) is 11.7 Å². The van der Waals surface area contributed by atoms with Crippen LogP contribution in [-0.2, 0) is 11.2 Å². The van der Waals surface area contributed by atoms with Gasteiger partial charge in [-0.05, 0) is 38.5 Å². The Morgan fingerprint density at radius 3 is 2.60 bits per heavy atom. The lowest BCUT2D eigenvalue weighted by molar-refractivity contribution is -0.113. The van der Waals surface area contributed by atoms with E-state index in [1.807, 2.05) is 51.1 Å². The quantitative estimate of drug-likeness (QED) is 0.455. The van der Waals surface area contributed by atoms with Gasteiger partial charge in [0.2, 0.25) is 5.91 Å². The van der Waals surface area contributed by atoms with Crippen molar-refractivity contribution in [1.82, 2.24) is 9.97 Å². The Labute approximate surface area is 181 Å². The van der Waals surface area contributed by atoms with Gasteiger partial charge in [-0.3, -0.25) is 4.79 Å². The van der Waals surface area contributed by atoms with Gasteiger partial charge >= 0.3 is 0 Å². The predicted octanol–water partition coefficient (Wildman–Crippen LogP) is 4.84. The average Bonchev–Trinajstić information content (AvgIpc) is 3.09. The molecule has 0 saturated heterocycles. The van der Waals surface area contributed by atoms with Crippen LogP contribution in [0.2, 0.25) is 0 Å². The molecule has 158 valence electrons. The van der Waals surface area contributed by atoms with Crippen molar-refractivity contribution in [2.24, 2.45) is 0 Å². The summed E-state index contributed by atoms with van der Waals surface area (Å²) < 4.78 is 11.1. The highest BCUT2D eigenvalue weighted by Gasteiger charge is 2.13. The van der Waals surface area contributed by atoms with Crippen molar-refractivity contribution in [3.8, 4) is 11.5 Å². The van der Waals surface area contributed by atoms with Crippen LogP contribution in [0.15, 0.2) is 53.7 Å². The minimum Gasteiger partial charge on any atom is -0.494 e. The fraction of sp³-hybridized carbons (Fsp3) is 0.304. The minimum absolute atomic E-state index is 0.131. The molecule has 0 fully saturated rings. The molecule has 3 aromatic rings. The molecule has 0 unspecified atom stereocenters. The first-order chi connectivity index (χ1) is 14.6. The van der Waals surface area contributed by atoms with Crippen molar-refractivity contribution >= 4 is 23.4 Å². The second kappa shape index (κ2) is 10.7. The summed E-state index contributed by atoms with van der Waals surface area (Å²) in [7, 11) is 0. The summed E-state index contributed by atoms with van der Waals surface area (Å²) in [4.78, 5) is 20.4. The van der Waals surface area contributed by atoms with Gasteiger partial charge in [0, 0.05) is 18.2 Å². The highest BCUT2D eigenvalue weighted by atomic mass is 32.2. The fourth-order valence-electron chi connectivity index (χ4n) is 2.96. The summed E-state index contributed by atoms with van der Waals surface area (Å²) in [6.07, 6.45) is 0.762. The Balaban J connectivity index is 1.61. The second-order valence-corrected chi connectivity index (χ2v) is 7.60. The number of aromatic amines is 1. The SMILES string of the molecule is CCOc1ccc(OCC)c(NC(=O)CSc2nc(Cc3ccccc3)c(C)[nH]2)c1. The fourth-order valence-corrected chi connectivity index (χ4v) is 3.70. The van der Waals surface area contributed by atoms with Crippen LogP contribution in [0.4, 0.5) is 5.69 Å². The van der Waals surface area contributed by atoms with Gasteiger partial charge in [-0.25, -0.2) is 4.98 Å². The number of imidazole rings is 1. The zero-order chi connectivity index (χ0) is 21.3. The Bertz CT molecular complexity index is 973. The Kier molecular flexibility index (Phi) is 7.79. The number of carbonyl (C=O) groups excluding carboxylic acids is 1. The molecule has 2 aromatic carbocycles. The number of H-pyrrole nitrogens is 1. The predicted molar refractivity (Wildman–Crippen MR) is 121 cm³/mol. The Morgan fingerprint density at radius 2 is 1.87 bits per heavy atom. The molecule has 30 heavy (non-hydrogen) atoms. The molecule has 0 bridgehead atoms. The van der Waals surface area contributed by atoms with Crippen molar-refractivity contribution in [2.45, 2.75) is 32.3 Å². The number of amides is 1. The van der Waals surface area contributed by atoms with Crippen LogP contribution in [0.5, 0.6) is 11.5 Å². The van der Waals surface area contributed by atoms with Gasteiger partial charge in [0.1, 0.15) is 11.5 Å². The molecule has 0 spiro atoms. The zero-order valence-corrected chi connectivity index (χ0v) is 18.3. The molecule has 0 radical (unpaired) electrons. The molecule has 1 heterocycles. The van der Waals surface area contributed by atoms with Crippen LogP contribution in [-0.4, -0.2) is 34.8 Å². The number of rotatable bonds is 10. The van der Waals surface area contributed by atoms with E-state index in [2.05, 4.69) is 27.4 Å². The van der Waals surface area contributed by atoms with Crippen LogP contribution in [0, 0.1) is 6.92 Å². The van der Waals surface area contributed by atoms with E-state index < -0.39 is 0 Å². The monoisotopic (exact) mass is 425 g/mol. The minimum atomic E-state index is -0.131. The van der Waals surface area contributed by atoms with Crippen molar-refractivity contribution in [1.29, 1.82) is 0 Å². The lowest BCUT2D eigenvalue weighted by atomic mass is 10.1. The summed E-state index contributed by atoms with van der Waals surface area (Å²) in [5.74, 6) is 1.42. The number of benzene rings is 2. The smallest absolute Gasteiger partial charge is 0.234 e. The molecular formula is C23H27N3O3S. The first kappa shape index (κ1) is 21.8. The molecule has 0 atom stereocenters. The van der Waals surface area contributed by atoms with Gasteiger partial charge in [-0.15, -0.1) is 0 Å². The van der Waals surface area contributed by atoms with Crippen molar-refractivity contribution in [3.05, 3.63) is 65.5 Å². The summed E-state index contributed by atoms with van der Waals surface area (Å²) in [6, 6.07) is 15.6. The maximum atomic E-state index is 12.5. The lowest BCUT2D eigenvalue weighted by Gasteiger charge is -2.13. The normalized spacial score (nSPS) is 10.6. The second-order valence-electron chi connectivity index (χ2n) is 6.64. The molecule has 1 aromatic heterocycles. The number of aryl methyl sites for hydroxylation is 1. The number of carbonyl (C=O) groups is 1. The van der Waals surface area contributed by atoms with E-state index in [9.17, 15) is 4.79 Å². The van der Waals surface area contributed by atoms with Gasteiger partial charge in [-0.1, -0.05) is 42.1 Å². The zero-order valence-electron chi connectivity index (χ0n) is 17.5. The summed E-state index contributed by atoms with van der Waals surface area (Å²) in [5.41, 5.74) is 3.82.